The van der Waals surface area contributed by atoms with Gasteiger partial charge in [-0.1, -0.05) is 24.3 Å². The van der Waals surface area contributed by atoms with Crippen molar-refractivity contribution in [2.24, 2.45) is 10.7 Å². The Hall–Kier alpha value is -2.17. The first-order valence-electron chi connectivity index (χ1n) is 5.37. The molecule has 5 nitrogen and oxygen atoms in total. The van der Waals surface area contributed by atoms with Gasteiger partial charge in [-0.2, -0.15) is 0 Å². The van der Waals surface area contributed by atoms with Crippen LogP contribution < -0.4 is 11.1 Å². The van der Waals surface area contributed by atoms with Gasteiger partial charge in [0.15, 0.2) is 0 Å². The molecular weight excluding hydrogens is 218 g/mol. The van der Waals surface area contributed by atoms with Crippen LogP contribution in [0.15, 0.2) is 29.3 Å². The molecule has 17 heavy (non-hydrogen) atoms. The van der Waals surface area contributed by atoms with E-state index in [2.05, 4.69) is 10.3 Å². The second-order valence-corrected chi connectivity index (χ2v) is 3.79. The van der Waals surface area contributed by atoms with Gasteiger partial charge in [0.1, 0.15) is 0 Å². The van der Waals surface area contributed by atoms with Crippen LogP contribution in [0.4, 0.5) is 0 Å². The van der Waals surface area contributed by atoms with Gasteiger partial charge in [-0.05, 0) is 5.56 Å². The molecule has 0 saturated carbocycles. The first-order chi connectivity index (χ1) is 8.18. The summed E-state index contributed by atoms with van der Waals surface area (Å²) in [6.45, 7) is 1.06. The van der Waals surface area contributed by atoms with Crippen molar-refractivity contribution in [1.29, 1.82) is 0 Å². The van der Waals surface area contributed by atoms with Gasteiger partial charge in [0.05, 0.1) is 6.54 Å². The molecule has 5 heteroatoms. The van der Waals surface area contributed by atoms with Gasteiger partial charge in [-0.15, -0.1) is 0 Å². The minimum atomic E-state index is -0.959. The summed E-state index contributed by atoms with van der Waals surface area (Å²) >= 11 is 0. The summed E-state index contributed by atoms with van der Waals surface area (Å²) in [4.78, 5) is 25.8. The summed E-state index contributed by atoms with van der Waals surface area (Å²) in [5.41, 5.74) is 8.11. The normalized spacial score (nSPS) is 12.8. The number of carbonyl (C=O) groups excluding carboxylic acids is 2. The Balaban J connectivity index is 1.90. The van der Waals surface area contributed by atoms with E-state index in [9.17, 15) is 9.59 Å². The smallest absolute Gasteiger partial charge is 0.309 e. The minimum absolute atomic E-state index is 0.370. The summed E-state index contributed by atoms with van der Waals surface area (Å²) < 4.78 is 0. The molecule has 88 valence electrons. The first-order valence-corrected chi connectivity index (χ1v) is 5.37. The third-order valence-corrected chi connectivity index (χ3v) is 2.64. The second kappa shape index (κ2) is 4.78. The molecule has 0 atom stereocenters. The third kappa shape index (κ3) is 2.50. The van der Waals surface area contributed by atoms with Crippen LogP contribution in [0.1, 0.15) is 17.5 Å². The number of nitrogens with two attached hydrogens (primary N) is 1. The molecule has 2 amide bonds. The van der Waals surface area contributed by atoms with Crippen LogP contribution in [0.3, 0.4) is 0 Å². The van der Waals surface area contributed by atoms with Gasteiger partial charge in [0.2, 0.25) is 0 Å². The number of fused-ring (bicyclic) bond motifs is 1. The first kappa shape index (κ1) is 11.3. The van der Waals surface area contributed by atoms with E-state index >= 15 is 0 Å². The molecule has 1 aliphatic rings. The molecule has 0 bridgehead atoms. The average Bonchev–Trinajstić information content (AvgIpc) is 2.72. The van der Waals surface area contributed by atoms with Crippen LogP contribution >= 0.6 is 0 Å². The average molecular weight is 231 g/mol. The number of benzene rings is 1. The number of primary amides is 1. The lowest BCUT2D eigenvalue weighted by Gasteiger charge is -2.04. The maximum Gasteiger partial charge on any atom is 0.309 e. The van der Waals surface area contributed by atoms with E-state index in [0.29, 0.717) is 19.5 Å². The molecule has 3 N–H and O–H groups in total. The highest BCUT2D eigenvalue weighted by Crippen LogP contribution is 2.19. The monoisotopic (exact) mass is 231 g/mol. The molecule has 1 aliphatic heterocycles. The quantitative estimate of drug-likeness (QED) is 0.716. The topological polar surface area (TPSA) is 84.5 Å². The van der Waals surface area contributed by atoms with Crippen molar-refractivity contribution in [2.75, 3.05) is 6.54 Å². The highest BCUT2D eigenvalue weighted by atomic mass is 16.2. The molecule has 1 aromatic rings. The Labute approximate surface area is 98.7 Å². The number of nitrogens with zero attached hydrogens (tertiary/aromatic N) is 1. The number of hydrogen-bond acceptors (Lipinski definition) is 3. The van der Waals surface area contributed by atoms with Crippen molar-refractivity contribution in [3.05, 3.63) is 35.4 Å². The summed E-state index contributed by atoms with van der Waals surface area (Å²) in [6.07, 6.45) is 0.607. The molecule has 1 aromatic carbocycles. The highest BCUT2D eigenvalue weighted by Gasteiger charge is 2.15. The van der Waals surface area contributed by atoms with Crippen LogP contribution in [-0.4, -0.2) is 24.1 Å². The van der Waals surface area contributed by atoms with E-state index in [0.717, 1.165) is 11.3 Å². The highest BCUT2D eigenvalue weighted by molar-refractivity contribution is 6.34. The predicted octanol–water partition coefficient (Wildman–Crippen LogP) is -0.0191. The zero-order valence-electron chi connectivity index (χ0n) is 9.27. The van der Waals surface area contributed by atoms with Crippen molar-refractivity contribution in [2.45, 2.75) is 13.0 Å². The van der Waals surface area contributed by atoms with Gasteiger partial charge in [-0.25, -0.2) is 0 Å². The van der Waals surface area contributed by atoms with Gasteiger partial charge in [-0.3, -0.25) is 14.6 Å². The maximum absolute atomic E-state index is 10.9. The van der Waals surface area contributed by atoms with Crippen LogP contribution in [0.2, 0.25) is 0 Å². The summed E-state index contributed by atoms with van der Waals surface area (Å²) in [5, 5.41) is 2.45. The van der Waals surface area contributed by atoms with Gasteiger partial charge < -0.3 is 11.1 Å². The predicted molar refractivity (Wildman–Crippen MR) is 63.5 cm³/mol. The number of hydrogen-bond donors (Lipinski definition) is 2. The van der Waals surface area contributed by atoms with Gasteiger partial charge in [0, 0.05) is 24.2 Å². The van der Waals surface area contributed by atoms with Crippen molar-refractivity contribution in [3.63, 3.8) is 0 Å². The molecule has 0 fully saturated rings. The number of aliphatic imine (C=N–C) groups is 1. The van der Waals surface area contributed by atoms with Crippen molar-refractivity contribution >= 4 is 17.5 Å². The molecule has 0 aliphatic carbocycles. The molecule has 0 unspecified atom stereocenters. The van der Waals surface area contributed by atoms with E-state index < -0.39 is 11.8 Å². The molecule has 1 heterocycles. The zero-order valence-corrected chi connectivity index (χ0v) is 9.27. The lowest BCUT2D eigenvalue weighted by Crippen LogP contribution is -2.37. The summed E-state index contributed by atoms with van der Waals surface area (Å²) in [6, 6.07) is 7.98. The third-order valence-electron chi connectivity index (χ3n) is 2.64. The standard InChI is InChI=1S/C12H13N3O2/c13-11(16)12(17)14-6-5-10-9-4-2-1-3-8(9)7-15-10/h1-4H,5-7H2,(H2,13,16)(H,14,17). The Kier molecular flexibility index (Phi) is 3.18. The molecular formula is C12H13N3O2. The Morgan fingerprint density at radius 2 is 2.12 bits per heavy atom. The Morgan fingerprint density at radius 3 is 2.88 bits per heavy atom. The van der Waals surface area contributed by atoms with Gasteiger partial charge in [0.25, 0.3) is 0 Å². The fourth-order valence-corrected chi connectivity index (χ4v) is 1.80. The van der Waals surface area contributed by atoms with Gasteiger partial charge >= 0.3 is 11.8 Å². The zero-order chi connectivity index (χ0) is 12.3. The van der Waals surface area contributed by atoms with Crippen LogP contribution in [0.25, 0.3) is 0 Å². The Bertz CT molecular complexity index is 494. The molecule has 0 saturated heterocycles. The molecule has 0 radical (unpaired) electrons. The molecule has 0 spiro atoms. The Morgan fingerprint density at radius 1 is 1.35 bits per heavy atom. The van der Waals surface area contributed by atoms with E-state index in [1.807, 2.05) is 24.3 Å². The number of nitrogens with one attached hydrogen (secondary N) is 1. The minimum Gasteiger partial charge on any atom is -0.361 e. The fourth-order valence-electron chi connectivity index (χ4n) is 1.80. The number of carbonyl (C=O) groups is 2. The lowest BCUT2D eigenvalue weighted by molar-refractivity contribution is -0.137. The van der Waals surface area contributed by atoms with Crippen molar-refractivity contribution in [1.82, 2.24) is 5.32 Å². The van der Waals surface area contributed by atoms with Crippen molar-refractivity contribution < 1.29 is 9.59 Å². The summed E-state index contributed by atoms with van der Waals surface area (Å²) in [5.74, 6) is -1.71. The number of rotatable bonds is 3. The molecule has 0 aromatic heterocycles. The largest absolute Gasteiger partial charge is 0.361 e. The van der Waals surface area contributed by atoms with Crippen molar-refractivity contribution in [3.8, 4) is 0 Å². The lowest BCUT2D eigenvalue weighted by atomic mass is 10.0. The maximum atomic E-state index is 10.9. The SMILES string of the molecule is NC(=O)C(=O)NCCC1=NCc2ccccc21. The fraction of sp³-hybridized carbons (Fsp3) is 0.250. The summed E-state index contributed by atoms with van der Waals surface area (Å²) in [7, 11) is 0. The van der Waals surface area contributed by atoms with Crippen LogP contribution in [-0.2, 0) is 16.1 Å². The van der Waals surface area contributed by atoms with Crippen LogP contribution in [0, 0.1) is 0 Å². The van der Waals surface area contributed by atoms with E-state index in [4.69, 9.17) is 5.73 Å². The van der Waals surface area contributed by atoms with E-state index in [1.165, 1.54) is 5.56 Å². The van der Waals surface area contributed by atoms with E-state index in [1.54, 1.807) is 0 Å². The molecule has 2 rings (SSSR count). The van der Waals surface area contributed by atoms with Crippen LogP contribution in [0.5, 0.6) is 0 Å². The van der Waals surface area contributed by atoms with E-state index in [-0.39, 0.29) is 0 Å². The second-order valence-electron chi connectivity index (χ2n) is 3.79. The number of amides is 2.